The monoisotopic (exact) mass is 223 g/mol. The lowest BCUT2D eigenvalue weighted by atomic mass is 9.75. The first-order valence-electron chi connectivity index (χ1n) is 5.60. The van der Waals surface area contributed by atoms with Crippen LogP contribution in [0.25, 0.3) is 0 Å². The lowest BCUT2D eigenvalue weighted by Gasteiger charge is -2.42. The van der Waals surface area contributed by atoms with Gasteiger partial charge in [0, 0.05) is 5.54 Å². The molecule has 1 fully saturated rings. The van der Waals surface area contributed by atoms with Gasteiger partial charge >= 0.3 is 0 Å². The summed E-state index contributed by atoms with van der Waals surface area (Å²) in [5.41, 5.74) is -0.140. The Morgan fingerprint density at radius 1 is 1.62 bits per heavy atom. The number of rotatable bonds is 4. The molecule has 1 saturated carbocycles. The first-order chi connectivity index (χ1) is 7.71. The smallest absolute Gasteiger partial charge is 0.295 e. The summed E-state index contributed by atoms with van der Waals surface area (Å²) < 4.78 is 5.07. The minimum absolute atomic E-state index is 0.105. The van der Waals surface area contributed by atoms with Crippen molar-refractivity contribution < 1.29 is 4.74 Å². The summed E-state index contributed by atoms with van der Waals surface area (Å²) in [5.74, 6) is 0.815. The van der Waals surface area contributed by atoms with Gasteiger partial charge in [-0.05, 0) is 25.7 Å². The average Bonchev–Trinajstić information content (AvgIpc) is 2.23. The third-order valence-corrected chi connectivity index (χ3v) is 3.39. The van der Waals surface area contributed by atoms with Crippen LogP contribution in [0.2, 0.25) is 0 Å². The highest BCUT2D eigenvalue weighted by Gasteiger charge is 2.36. The molecule has 1 aliphatic rings. The number of anilines is 1. The van der Waals surface area contributed by atoms with E-state index in [0.29, 0.717) is 5.82 Å². The number of hydrogen-bond donors (Lipinski definition) is 2. The summed E-state index contributed by atoms with van der Waals surface area (Å²) in [7, 11) is 1.48. The largest absolute Gasteiger partial charge is 0.489 e. The van der Waals surface area contributed by atoms with Gasteiger partial charge in [-0.1, -0.05) is 6.92 Å². The molecule has 2 N–H and O–H groups in total. The van der Waals surface area contributed by atoms with E-state index in [2.05, 4.69) is 22.2 Å². The van der Waals surface area contributed by atoms with Crippen molar-refractivity contribution in [2.45, 2.75) is 38.1 Å². The summed E-state index contributed by atoms with van der Waals surface area (Å²) in [6.45, 7) is 2.14. The fraction of sp³-hybridized carbons (Fsp3) is 0.636. The van der Waals surface area contributed by atoms with E-state index in [1.165, 1.54) is 19.9 Å². The lowest BCUT2D eigenvalue weighted by molar-refractivity contribution is 0.267. The average molecular weight is 223 g/mol. The van der Waals surface area contributed by atoms with Gasteiger partial charge in [0.15, 0.2) is 5.82 Å². The summed E-state index contributed by atoms with van der Waals surface area (Å²) in [5, 5.41) is 3.35. The Labute approximate surface area is 94.2 Å². The van der Waals surface area contributed by atoms with Gasteiger partial charge in [0.25, 0.3) is 5.56 Å². The molecule has 0 aliphatic heterocycles. The fourth-order valence-electron chi connectivity index (χ4n) is 2.09. The van der Waals surface area contributed by atoms with Crippen molar-refractivity contribution in [3.8, 4) is 5.75 Å². The molecular formula is C11H17N3O2. The van der Waals surface area contributed by atoms with Gasteiger partial charge in [-0.15, -0.1) is 0 Å². The Morgan fingerprint density at radius 2 is 2.38 bits per heavy atom. The molecule has 0 amide bonds. The SMILES string of the molecule is CCC1(Nc2nc[nH]c(=O)c2OC)CCC1. The quantitative estimate of drug-likeness (QED) is 0.812. The van der Waals surface area contributed by atoms with Gasteiger partial charge in [0.2, 0.25) is 5.75 Å². The summed E-state index contributed by atoms with van der Waals surface area (Å²) >= 11 is 0. The Kier molecular flexibility index (Phi) is 2.85. The van der Waals surface area contributed by atoms with Gasteiger partial charge in [0.05, 0.1) is 13.4 Å². The van der Waals surface area contributed by atoms with Crippen molar-refractivity contribution in [1.29, 1.82) is 0 Å². The van der Waals surface area contributed by atoms with Crippen LogP contribution < -0.4 is 15.6 Å². The van der Waals surface area contributed by atoms with Crippen molar-refractivity contribution >= 4 is 5.82 Å². The first-order valence-corrected chi connectivity index (χ1v) is 5.60. The lowest BCUT2D eigenvalue weighted by Crippen LogP contribution is -2.44. The molecule has 1 heterocycles. The summed E-state index contributed by atoms with van der Waals surface area (Å²) in [6.07, 6.45) is 5.91. The minimum Gasteiger partial charge on any atom is -0.489 e. The number of H-pyrrole nitrogens is 1. The number of methoxy groups -OCH3 is 1. The normalized spacial score (nSPS) is 17.6. The van der Waals surface area contributed by atoms with Gasteiger partial charge in [-0.2, -0.15) is 0 Å². The van der Waals surface area contributed by atoms with Crippen molar-refractivity contribution in [3.63, 3.8) is 0 Å². The van der Waals surface area contributed by atoms with E-state index in [1.807, 2.05) is 0 Å². The molecule has 5 nitrogen and oxygen atoms in total. The number of hydrogen-bond acceptors (Lipinski definition) is 4. The topological polar surface area (TPSA) is 67.0 Å². The van der Waals surface area contributed by atoms with Crippen molar-refractivity contribution in [2.75, 3.05) is 12.4 Å². The first kappa shape index (κ1) is 11.0. The maximum atomic E-state index is 11.5. The third kappa shape index (κ3) is 1.77. The van der Waals surface area contributed by atoms with E-state index in [0.717, 1.165) is 19.3 Å². The van der Waals surface area contributed by atoms with Gasteiger partial charge in [-0.25, -0.2) is 4.98 Å². The van der Waals surface area contributed by atoms with E-state index in [4.69, 9.17) is 4.74 Å². The van der Waals surface area contributed by atoms with Gasteiger partial charge in [-0.3, -0.25) is 4.79 Å². The zero-order valence-electron chi connectivity index (χ0n) is 9.67. The van der Waals surface area contributed by atoms with Crippen LogP contribution in [-0.2, 0) is 0 Å². The molecule has 16 heavy (non-hydrogen) atoms. The third-order valence-electron chi connectivity index (χ3n) is 3.39. The van der Waals surface area contributed by atoms with E-state index in [9.17, 15) is 4.79 Å². The maximum absolute atomic E-state index is 11.5. The molecule has 88 valence electrons. The summed E-state index contributed by atoms with van der Waals surface area (Å²) in [4.78, 5) is 18.1. The molecule has 0 bridgehead atoms. The van der Waals surface area contributed by atoms with Crippen LogP contribution in [0.3, 0.4) is 0 Å². The zero-order valence-corrected chi connectivity index (χ0v) is 9.67. The van der Waals surface area contributed by atoms with E-state index in [1.54, 1.807) is 0 Å². The summed E-state index contributed by atoms with van der Waals surface area (Å²) in [6, 6.07) is 0. The highest BCUT2D eigenvalue weighted by atomic mass is 16.5. The maximum Gasteiger partial charge on any atom is 0.295 e. The Bertz CT molecular complexity index is 418. The van der Waals surface area contributed by atoms with Crippen LogP contribution in [0.5, 0.6) is 5.75 Å². The number of nitrogens with zero attached hydrogens (tertiary/aromatic N) is 1. The molecule has 0 unspecified atom stereocenters. The Morgan fingerprint density at radius 3 is 2.88 bits per heavy atom. The number of nitrogens with one attached hydrogen (secondary N) is 2. The zero-order chi connectivity index (χ0) is 11.6. The highest BCUT2D eigenvalue weighted by molar-refractivity contribution is 5.50. The van der Waals surface area contributed by atoms with Crippen molar-refractivity contribution in [1.82, 2.24) is 9.97 Å². The fourth-order valence-corrected chi connectivity index (χ4v) is 2.09. The van der Waals surface area contributed by atoms with E-state index >= 15 is 0 Å². The van der Waals surface area contributed by atoms with Crippen LogP contribution in [0, 0.1) is 0 Å². The second-order valence-corrected chi connectivity index (χ2v) is 4.23. The molecule has 0 aromatic carbocycles. The number of ether oxygens (including phenoxy) is 1. The van der Waals surface area contributed by atoms with Gasteiger partial charge in [0.1, 0.15) is 0 Å². The molecule has 1 aromatic heterocycles. The van der Waals surface area contributed by atoms with Crippen LogP contribution in [0.1, 0.15) is 32.6 Å². The molecule has 0 atom stereocenters. The molecule has 2 rings (SSSR count). The highest BCUT2D eigenvalue weighted by Crippen LogP contribution is 2.38. The molecular weight excluding hydrogens is 206 g/mol. The second-order valence-electron chi connectivity index (χ2n) is 4.23. The second kappa shape index (κ2) is 4.15. The van der Waals surface area contributed by atoms with Crippen LogP contribution in [-0.4, -0.2) is 22.6 Å². The van der Waals surface area contributed by atoms with Gasteiger partial charge < -0.3 is 15.0 Å². The Balaban J connectivity index is 2.27. The van der Waals surface area contributed by atoms with E-state index in [-0.39, 0.29) is 16.8 Å². The molecule has 1 aliphatic carbocycles. The van der Waals surface area contributed by atoms with E-state index < -0.39 is 0 Å². The van der Waals surface area contributed by atoms with Crippen molar-refractivity contribution in [3.05, 3.63) is 16.7 Å². The number of aromatic nitrogens is 2. The molecule has 0 radical (unpaired) electrons. The van der Waals surface area contributed by atoms with Crippen LogP contribution >= 0.6 is 0 Å². The Hall–Kier alpha value is -1.52. The molecule has 0 saturated heterocycles. The molecule has 0 spiro atoms. The van der Waals surface area contributed by atoms with Crippen LogP contribution in [0.4, 0.5) is 5.82 Å². The van der Waals surface area contributed by atoms with Crippen molar-refractivity contribution in [2.24, 2.45) is 0 Å². The minimum atomic E-state index is -0.245. The molecule has 1 aromatic rings. The predicted molar refractivity (Wildman–Crippen MR) is 61.9 cm³/mol. The molecule has 5 heteroatoms. The predicted octanol–water partition coefficient (Wildman–Crippen LogP) is 1.52. The standard InChI is InChI=1S/C11H17N3O2/c1-3-11(5-4-6-11)14-9-8(16-2)10(15)13-7-12-9/h7H,3-6H2,1-2H3,(H2,12,13,14,15). The van der Waals surface area contributed by atoms with Crippen LogP contribution in [0.15, 0.2) is 11.1 Å². The number of aromatic amines is 1.